The number of nitrogens with two attached hydrogens (primary N) is 1. The van der Waals surface area contributed by atoms with Gasteiger partial charge >= 0.3 is 0 Å². The van der Waals surface area contributed by atoms with Crippen LogP contribution in [0.3, 0.4) is 0 Å². The molecule has 9 nitrogen and oxygen atoms in total. The molecular formula is C14H15N5O4. The fraction of sp³-hybridized carbons (Fsp3) is 0.286. The van der Waals surface area contributed by atoms with Gasteiger partial charge in [-0.2, -0.15) is 5.10 Å². The van der Waals surface area contributed by atoms with E-state index < -0.39 is 10.8 Å². The summed E-state index contributed by atoms with van der Waals surface area (Å²) in [5.41, 5.74) is 9.07. The van der Waals surface area contributed by atoms with Crippen LogP contribution in [0.2, 0.25) is 0 Å². The molecule has 1 saturated heterocycles. The molecule has 23 heavy (non-hydrogen) atoms. The van der Waals surface area contributed by atoms with Gasteiger partial charge in [0.05, 0.1) is 23.7 Å². The first-order valence-electron chi connectivity index (χ1n) is 7.03. The van der Waals surface area contributed by atoms with Crippen molar-refractivity contribution in [3.63, 3.8) is 0 Å². The van der Waals surface area contributed by atoms with Crippen LogP contribution >= 0.6 is 0 Å². The van der Waals surface area contributed by atoms with E-state index in [0.717, 1.165) is 0 Å². The first kappa shape index (κ1) is 15.0. The molecule has 0 saturated carbocycles. The molecule has 2 aliphatic rings. The van der Waals surface area contributed by atoms with Gasteiger partial charge in [0.25, 0.3) is 11.6 Å². The Bertz CT molecular complexity index is 722. The Morgan fingerprint density at radius 2 is 2.13 bits per heavy atom. The number of morpholine rings is 1. The topological polar surface area (TPSA) is 123 Å². The molecule has 120 valence electrons. The van der Waals surface area contributed by atoms with Gasteiger partial charge in [-0.3, -0.25) is 14.9 Å². The number of nitro benzene ring substituents is 1. The number of carbonyl (C=O) groups excluding carboxylic acids is 1. The number of amidine groups is 1. The minimum absolute atomic E-state index is 0.0184. The van der Waals surface area contributed by atoms with E-state index in [1.807, 2.05) is 4.90 Å². The van der Waals surface area contributed by atoms with Gasteiger partial charge in [0.2, 0.25) is 0 Å². The number of benzene rings is 1. The highest BCUT2D eigenvalue weighted by atomic mass is 16.6. The van der Waals surface area contributed by atoms with Crippen LogP contribution in [-0.2, 0) is 9.53 Å². The number of rotatable bonds is 3. The molecule has 2 heterocycles. The molecule has 0 radical (unpaired) electrons. The van der Waals surface area contributed by atoms with E-state index in [-0.39, 0.29) is 17.1 Å². The molecule has 0 aliphatic carbocycles. The summed E-state index contributed by atoms with van der Waals surface area (Å²) in [6.07, 6.45) is 1.48. The minimum Gasteiger partial charge on any atom is -0.382 e. The summed E-state index contributed by atoms with van der Waals surface area (Å²) in [5, 5.41) is 15.0. The van der Waals surface area contributed by atoms with Crippen molar-refractivity contribution in [2.45, 2.75) is 0 Å². The van der Waals surface area contributed by atoms with Crippen LogP contribution in [0, 0.1) is 10.1 Å². The zero-order chi connectivity index (χ0) is 16.4. The third-order valence-corrected chi connectivity index (χ3v) is 3.66. The Balaban J connectivity index is 1.96. The van der Waals surface area contributed by atoms with Gasteiger partial charge < -0.3 is 15.4 Å². The van der Waals surface area contributed by atoms with E-state index in [0.29, 0.717) is 37.6 Å². The predicted octanol–water partition coefficient (Wildman–Crippen LogP) is 0.217. The zero-order valence-corrected chi connectivity index (χ0v) is 12.2. The maximum absolute atomic E-state index is 11.6. The highest BCUT2D eigenvalue weighted by Crippen LogP contribution is 2.30. The van der Waals surface area contributed by atoms with Crippen LogP contribution in [0.25, 0.3) is 6.08 Å². The summed E-state index contributed by atoms with van der Waals surface area (Å²) in [6.45, 7) is 2.28. The van der Waals surface area contributed by atoms with E-state index in [1.54, 1.807) is 12.1 Å². The number of amides is 1. The summed E-state index contributed by atoms with van der Waals surface area (Å²) >= 11 is 0. The predicted molar refractivity (Wildman–Crippen MR) is 83.9 cm³/mol. The van der Waals surface area contributed by atoms with E-state index >= 15 is 0 Å². The van der Waals surface area contributed by atoms with Crippen molar-refractivity contribution >= 4 is 29.2 Å². The second-order valence-corrected chi connectivity index (χ2v) is 5.10. The van der Waals surface area contributed by atoms with Crippen molar-refractivity contribution in [2.24, 2.45) is 10.8 Å². The van der Waals surface area contributed by atoms with Crippen molar-refractivity contribution in [1.29, 1.82) is 0 Å². The van der Waals surface area contributed by atoms with E-state index in [2.05, 4.69) is 10.5 Å². The van der Waals surface area contributed by atoms with Crippen molar-refractivity contribution in [1.82, 2.24) is 5.43 Å². The molecule has 1 aromatic carbocycles. The number of nitrogens with zero attached hydrogens (tertiary/aromatic N) is 3. The average molecular weight is 317 g/mol. The third-order valence-electron chi connectivity index (χ3n) is 3.66. The Kier molecular flexibility index (Phi) is 3.94. The number of hydrazone groups is 1. The Morgan fingerprint density at radius 3 is 2.74 bits per heavy atom. The number of nitro groups is 1. The smallest absolute Gasteiger partial charge is 0.293 e. The quantitative estimate of drug-likeness (QED) is 0.467. The Hall–Kier alpha value is -2.94. The molecule has 2 aliphatic heterocycles. The lowest BCUT2D eigenvalue weighted by Gasteiger charge is -2.28. The van der Waals surface area contributed by atoms with Crippen LogP contribution in [0.1, 0.15) is 5.56 Å². The van der Waals surface area contributed by atoms with Crippen molar-refractivity contribution in [3.8, 4) is 0 Å². The van der Waals surface area contributed by atoms with Crippen LogP contribution < -0.4 is 16.1 Å². The Labute approximate surface area is 131 Å². The molecule has 3 rings (SSSR count). The lowest BCUT2D eigenvalue weighted by molar-refractivity contribution is -0.384. The number of ether oxygens (including phenoxy) is 1. The maximum atomic E-state index is 11.6. The normalized spacial score (nSPS) is 19.7. The van der Waals surface area contributed by atoms with Crippen molar-refractivity contribution in [2.75, 3.05) is 31.2 Å². The molecule has 0 atom stereocenters. The lowest BCUT2D eigenvalue weighted by Crippen LogP contribution is -2.36. The number of anilines is 1. The number of nitrogens with one attached hydrogen (secondary N) is 1. The molecule has 0 unspecified atom stereocenters. The molecule has 1 fully saturated rings. The standard InChI is InChI=1S/C14H15N5O4/c15-13-10(14(20)17-16-13)7-9-1-2-11(12(8-9)19(21)22)18-3-5-23-6-4-18/h1-2,7-8H,3-6H2,(H2,15,16)(H,17,20). The summed E-state index contributed by atoms with van der Waals surface area (Å²) in [6, 6.07) is 4.82. The number of hydrogen-bond acceptors (Lipinski definition) is 7. The van der Waals surface area contributed by atoms with Gasteiger partial charge in [0.1, 0.15) is 5.69 Å². The SMILES string of the molecule is NC1=NNC(=O)C1=Cc1ccc(N2CCOCC2)c([N+](=O)[O-])c1. The van der Waals surface area contributed by atoms with Gasteiger partial charge in [-0.05, 0) is 17.7 Å². The summed E-state index contributed by atoms with van der Waals surface area (Å²) in [7, 11) is 0. The van der Waals surface area contributed by atoms with Crippen LogP contribution in [0.15, 0.2) is 28.9 Å². The number of hydrogen-bond donors (Lipinski definition) is 2. The van der Waals surface area contributed by atoms with Crippen molar-refractivity contribution < 1.29 is 14.5 Å². The molecular weight excluding hydrogens is 302 g/mol. The monoisotopic (exact) mass is 317 g/mol. The fourth-order valence-electron chi connectivity index (χ4n) is 2.50. The van der Waals surface area contributed by atoms with Gasteiger partial charge in [0.15, 0.2) is 5.84 Å². The first-order valence-corrected chi connectivity index (χ1v) is 7.03. The van der Waals surface area contributed by atoms with Crippen LogP contribution in [0.4, 0.5) is 11.4 Å². The highest BCUT2D eigenvalue weighted by Gasteiger charge is 2.23. The van der Waals surface area contributed by atoms with Gasteiger partial charge in [-0.15, -0.1) is 0 Å². The van der Waals surface area contributed by atoms with Crippen molar-refractivity contribution in [3.05, 3.63) is 39.4 Å². The summed E-state index contributed by atoms with van der Waals surface area (Å²) < 4.78 is 5.27. The maximum Gasteiger partial charge on any atom is 0.293 e. The van der Waals surface area contributed by atoms with Crippen LogP contribution in [-0.4, -0.2) is 43.0 Å². The molecule has 9 heteroatoms. The molecule has 0 spiro atoms. The number of carbonyl (C=O) groups is 1. The molecule has 1 amide bonds. The van der Waals surface area contributed by atoms with Gasteiger partial charge in [-0.1, -0.05) is 6.07 Å². The minimum atomic E-state index is -0.432. The van der Waals surface area contributed by atoms with Crippen LogP contribution in [0.5, 0.6) is 0 Å². The van der Waals surface area contributed by atoms with Gasteiger partial charge in [0, 0.05) is 19.2 Å². The highest BCUT2D eigenvalue weighted by molar-refractivity contribution is 6.26. The molecule has 1 aromatic rings. The summed E-state index contributed by atoms with van der Waals surface area (Å²) in [4.78, 5) is 24.5. The van der Waals surface area contributed by atoms with E-state index in [9.17, 15) is 14.9 Å². The lowest BCUT2D eigenvalue weighted by atomic mass is 10.1. The molecule has 3 N–H and O–H groups in total. The van der Waals surface area contributed by atoms with E-state index in [1.165, 1.54) is 12.1 Å². The largest absolute Gasteiger partial charge is 0.382 e. The first-order chi connectivity index (χ1) is 11.1. The average Bonchev–Trinajstić information content (AvgIpc) is 2.87. The summed E-state index contributed by atoms with van der Waals surface area (Å²) in [5.74, 6) is -0.364. The third kappa shape index (κ3) is 2.99. The fourth-order valence-corrected chi connectivity index (χ4v) is 2.50. The van der Waals surface area contributed by atoms with Gasteiger partial charge in [-0.25, -0.2) is 5.43 Å². The molecule has 0 aromatic heterocycles. The zero-order valence-electron chi connectivity index (χ0n) is 12.2. The second-order valence-electron chi connectivity index (χ2n) is 5.10. The van der Waals surface area contributed by atoms with E-state index in [4.69, 9.17) is 10.5 Å². The Morgan fingerprint density at radius 1 is 1.39 bits per heavy atom. The molecule has 0 bridgehead atoms. The second kappa shape index (κ2) is 6.05.